The number of aryl methyl sites for hydroxylation is 3. The molecule has 5 rings (SSSR count). The number of nitriles is 1. The maximum atomic E-state index is 13.1. The fraction of sp³-hybridized carbons (Fsp3) is 0.296. The van der Waals surface area contributed by atoms with Crippen molar-refractivity contribution >= 4 is 39.0 Å². The summed E-state index contributed by atoms with van der Waals surface area (Å²) in [5.41, 5.74) is 3.23. The Labute approximate surface area is 213 Å². The van der Waals surface area contributed by atoms with E-state index in [0.29, 0.717) is 11.3 Å². The molecule has 4 heterocycles. The van der Waals surface area contributed by atoms with E-state index in [0.717, 1.165) is 53.2 Å². The zero-order chi connectivity index (χ0) is 25.2. The molecule has 0 unspecified atom stereocenters. The minimum absolute atomic E-state index is 0.0262. The predicted molar refractivity (Wildman–Crippen MR) is 141 cm³/mol. The number of pyridine rings is 1. The first kappa shape index (κ1) is 23.7. The van der Waals surface area contributed by atoms with Crippen molar-refractivity contribution in [2.24, 2.45) is 5.92 Å². The molecule has 1 N–H and O–H groups in total. The number of ether oxygens (including phenoxy) is 1. The second kappa shape index (κ2) is 9.91. The first-order valence-electron chi connectivity index (χ1n) is 11.8. The molecule has 0 bridgehead atoms. The van der Waals surface area contributed by atoms with Crippen molar-refractivity contribution in [2.75, 3.05) is 23.3 Å². The number of piperidine rings is 1. The van der Waals surface area contributed by atoms with Crippen molar-refractivity contribution in [1.29, 1.82) is 5.26 Å². The number of nitrogens with one attached hydrogen (secondary N) is 1. The molecular formula is C27H26N6O2S. The quantitative estimate of drug-likeness (QED) is 0.386. The predicted octanol–water partition coefficient (Wildman–Crippen LogP) is 5.53. The molecule has 1 aliphatic rings. The molecule has 0 radical (unpaired) electrons. The molecule has 0 aliphatic carbocycles. The van der Waals surface area contributed by atoms with Crippen LogP contribution in [0.5, 0.6) is 11.6 Å². The van der Waals surface area contributed by atoms with Crippen molar-refractivity contribution < 1.29 is 9.53 Å². The van der Waals surface area contributed by atoms with Crippen molar-refractivity contribution in [2.45, 2.75) is 33.6 Å². The number of anilines is 2. The minimum Gasteiger partial charge on any atom is -0.438 e. The molecule has 0 spiro atoms. The highest BCUT2D eigenvalue weighted by atomic mass is 32.1. The number of hydrogen-bond donors (Lipinski definition) is 1. The van der Waals surface area contributed by atoms with Crippen molar-refractivity contribution in [3.8, 4) is 17.7 Å². The molecule has 1 fully saturated rings. The Bertz CT molecular complexity index is 1480. The summed E-state index contributed by atoms with van der Waals surface area (Å²) in [6.45, 7) is 7.70. The molecule has 9 heteroatoms. The molecular weight excluding hydrogens is 472 g/mol. The number of carbonyl (C=O) groups excluding carboxylic acids is 1. The van der Waals surface area contributed by atoms with Crippen molar-refractivity contribution in [3.05, 3.63) is 64.4 Å². The minimum atomic E-state index is -0.0640. The fourth-order valence-corrected chi connectivity index (χ4v) is 5.49. The van der Waals surface area contributed by atoms with Gasteiger partial charge in [0.2, 0.25) is 11.8 Å². The highest BCUT2D eigenvalue weighted by Gasteiger charge is 2.27. The van der Waals surface area contributed by atoms with Crippen molar-refractivity contribution in [3.63, 3.8) is 0 Å². The van der Waals surface area contributed by atoms with E-state index in [9.17, 15) is 10.1 Å². The molecule has 0 atom stereocenters. The fourth-order valence-electron chi connectivity index (χ4n) is 4.50. The van der Waals surface area contributed by atoms with E-state index < -0.39 is 0 Å². The zero-order valence-electron chi connectivity index (χ0n) is 20.4. The van der Waals surface area contributed by atoms with Gasteiger partial charge in [-0.2, -0.15) is 5.26 Å². The summed E-state index contributed by atoms with van der Waals surface area (Å²) < 4.78 is 5.79. The Balaban J connectivity index is 1.23. The van der Waals surface area contributed by atoms with Gasteiger partial charge in [0.05, 0.1) is 5.39 Å². The SMILES string of the molecule is Cc1cc(Oc2ncccc2C#N)ccc1NC(=O)C1CCN(c2ncnc3sc(C)c(C)c23)CC1. The van der Waals surface area contributed by atoms with Gasteiger partial charge in [-0.05, 0) is 75.1 Å². The van der Waals surface area contributed by atoms with Crippen LogP contribution < -0.4 is 15.0 Å². The Morgan fingerprint density at radius 1 is 1.17 bits per heavy atom. The lowest BCUT2D eigenvalue weighted by Crippen LogP contribution is -2.38. The van der Waals surface area contributed by atoms with Gasteiger partial charge < -0.3 is 15.0 Å². The molecule has 36 heavy (non-hydrogen) atoms. The summed E-state index contributed by atoms with van der Waals surface area (Å²) in [5.74, 6) is 1.75. The third-order valence-corrected chi connectivity index (χ3v) is 7.79. The van der Waals surface area contributed by atoms with E-state index in [2.05, 4.69) is 45.1 Å². The lowest BCUT2D eigenvalue weighted by molar-refractivity contribution is -0.120. The topological polar surface area (TPSA) is 104 Å². The molecule has 1 aromatic carbocycles. The Morgan fingerprint density at radius 2 is 1.97 bits per heavy atom. The average Bonchev–Trinajstić information content (AvgIpc) is 3.19. The second-order valence-corrected chi connectivity index (χ2v) is 10.2. The largest absolute Gasteiger partial charge is 0.438 e. The summed E-state index contributed by atoms with van der Waals surface area (Å²) in [5, 5.41) is 13.5. The number of amides is 1. The van der Waals surface area contributed by atoms with E-state index in [1.165, 1.54) is 10.4 Å². The molecule has 3 aromatic heterocycles. The van der Waals surface area contributed by atoms with Crippen molar-refractivity contribution in [1.82, 2.24) is 15.0 Å². The van der Waals surface area contributed by atoms with E-state index >= 15 is 0 Å². The van der Waals surface area contributed by atoms with Crippen LogP contribution in [0.1, 0.15) is 34.4 Å². The monoisotopic (exact) mass is 498 g/mol. The zero-order valence-corrected chi connectivity index (χ0v) is 21.2. The summed E-state index contributed by atoms with van der Waals surface area (Å²) >= 11 is 1.70. The first-order chi connectivity index (χ1) is 17.4. The van der Waals surface area contributed by atoms with Gasteiger partial charge in [-0.3, -0.25) is 4.79 Å². The Kier molecular flexibility index (Phi) is 6.53. The van der Waals surface area contributed by atoms with Gasteiger partial charge >= 0.3 is 0 Å². The number of hydrogen-bond acceptors (Lipinski definition) is 8. The Hall–Kier alpha value is -4.03. The summed E-state index contributed by atoms with van der Waals surface area (Å²) in [6.07, 6.45) is 4.74. The number of fused-ring (bicyclic) bond motifs is 1. The van der Waals surface area contributed by atoms with Gasteiger partial charge in [0.15, 0.2) is 0 Å². The van der Waals surface area contributed by atoms with E-state index in [4.69, 9.17) is 4.74 Å². The summed E-state index contributed by atoms with van der Waals surface area (Å²) in [7, 11) is 0. The van der Waals surface area contributed by atoms with Crippen LogP contribution in [0.3, 0.4) is 0 Å². The van der Waals surface area contributed by atoms with Gasteiger partial charge in [-0.1, -0.05) is 0 Å². The third kappa shape index (κ3) is 4.60. The summed E-state index contributed by atoms with van der Waals surface area (Å²) in [4.78, 5) is 30.8. The third-order valence-electron chi connectivity index (χ3n) is 6.67. The van der Waals surface area contributed by atoms with Crippen LogP contribution in [0.15, 0.2) is 42.9 Å². The van der Waals surface area contributed by atoms with Crippen LogP contribution in [0, 0.1) is 38.0 Å². The van der Waals surface area contributed by atoms with Crippen LogP contribution in [0.2, 0.25) is 0 Å². The number of nitrogens with zero attached hydrogens (tertiary/aromatic N) is 5. The standard InChI is InChI=1S/C27H26N6O2S/c1-16-13-21(35-26-20(14-28)5-4-10-29-26)6-7-22(16)32-25(34)19-8-11-33(12-9-19)24-23-17(2)18(3)36-27(23)31-15-30-24/h4-7,10,13,15,19H,8-9,11-12H2,1-3H3,(H,32,34). The van der Waals surface area contributed by atoms with Gasteiger partial charge in [0.25, 0.3) is 0 Å². The van der Waals surface area contributed by atoms with E-state index in [-0.39, 0.29) is 17.7 Å². The highest BCUT2D eigenvalue weighted by Crippen LogP contribution is 2.36. The van der Waals surface area contributed by atoms with E-state index in [1.807, 2.05) is 19.1 Å². The normalized spacial score (nSPS) is 14.0. The summed E-state index contributed by atoms with van der Waals surface area (Å²) in [6, 6.07) is 10.9. The first-order valence-corrected chi connectivity index (χ1v) is 12.7. The van der Waals surface area contributed by atoms with Gasteiger partial charge in [-0.25, -0.2) is 15.0 Å². The number of benzene rings is 1. The number of rotatable bonds is 5. The molecule has 8 nitrogen and oxygen atoms in total. The maximum Gasteiger partial charge on any atom is 0.237 e. The second-order valence-electron chi connectivity index (χ2n) is 8.96. The lowest BCUT2D eigenvalue weighted by Gasteiger charge is -2.32. The number of carbonyl (C=O) groups is 1. The molecule has 1 saturated heterocycles. The smallest absolute Gasteiger partial charge is 0.237 e. The van der Waals surface area contributed by atoms with Crippen LogP contribution in [-0.2, 0) is 4.79 Å². The van der Waals surface area contributed by atoms with E-state index in [1.54, 1.807) is 42.1 Å². The average molecular weight is 499 g/mol. The van der Waals surface area contributed by atoms with Gasteiger partial charge in [0, 0.05) is 35.8 Å². The molecule has 182 valence electrons. The van der Waals surface area contributed by atoms with Crippen LogP contribution in [0.4, 0.5) is 11.5 Å². The van der Waals surface area contributed by atoms with Crippen LogP contribution >= 0.6 is 11.3 Å². The highest BCUT2D eigenvalue weighted by molar-refractivity contribution is 7.18. The lowest BCUT2D eigenvalue weighted by atomic mass is 9.95. The van der Waals surface area contributed by atoms with Gasteiger partial charge in [0.1, 0.15) is 34.4 Å². The maximum absolute atomic E-state index is 13.1. The van der Waals surface area contributed by atoms with Gasteiger partial charge in [-0.15, -0.1) is 11.3 Å². The number of thiophene rings is 1. The molecule has 1 aliphatic heterocycles. The van der Waals surface area contributed by atoms with Crippen LogP contribution in [-0.4, -0.2) is 33.9 Å². The Morgan fingerprint density at radius 3 is 2.72 bits per heavy atom. The number of aromatic nitrogens is 3. The molecule has 1 amide bonds. The molecule has 4 aromatic rings. The molecule has 0 saturated carbocycles. The van der Waals surface area contributed by atoms with Crippen LogP contribution in [0.25, 0.3) is 10.2 Å².